The van der Waals surface area contributed by atoms with Gasteiger partial charge in [0, 0.05) is 51.2 Å². The van der Waals surface area contributed by atoms with Gasteiger partial charge in [0.05, 0.1) is 5.88 Å². The van der Waals surface area contributed by atoms with E-state index in [9.17, 15) is 9.59 Å². The Hall–Kier alpha value is -1.25. The molecule has 0 aromatic carbocycles. The fraction of sp³-hybridized carbons (Fsp3) is 0.667. The van der Waals surface area contributed by atoms with Gasteiger partial charge in [0.25, 0.3) is 0 Å². The van der Waals surface area contributed by atoms with Gasteiger partial charge in [-0.3, -0.25) is 9.59 Å². The summed E-state index contributed by atoms with van der Waals surface area (Å²) in [6, 6.07) is -0.422. The third-order valence-electron chi connectivity index (χ3n) is 4.47. The third-order valence-corrected chi connectivity index (χ3v) is 5.49. The first-order valence-corrected chi connectivity index (χ1v) is 9.14. The zero-order chi connectivity index (χ0) is 16.4. The fourth-order valence-corrected chi connectivity index (χ4v) is 4.36. The number of hydrogen-bond acceptors (Lipinski definition) is 5. The number of amides is 2. The van der Waals surface area contributed by atoms with E-state index in [2.05, 4.69) is 10.3 Å². The van der Waals surface area contributed by atoms with Crippen molar-refractivity contribution in [2.75, 3.05) is 31.3 Å². The van der Waals surface area contributed by atoms with Gasteiger partial charge in [0.1, 0.15) is 17.9 Å². The molecule has 2 atom stereocenters. The Labute approximate surface area is 152 Å². The Morgan fingerprint density at radius 1 is 1.42 bits per heavy atom. The number of piperazine rings is 1. The molecule has 0 saturated carbocycles. The Bertz CT molecular complexity index is 596. The van der Waals surface area contributed by atoms with Gasteiger partial charge in [-0.1, -0.05) is 6.92 Å². The smallest absolute Gasteiger partial charge is 0.246 e. The summed E-state index contributed by atoms with van der Waals surface area (Å²) < 4.78 is 1.95. The molecule has 0 bridgehead atoms. The predicted octanol–water partition coefficient (Wildman–Crippen LogP) is 0.626. The van der Waals surface area contributed by atoms with Crippen LogP contribution in [0, 0.1) is 0 Å². The maximum absolute atomic E-state index is 13.1. The third kappa shape index (κ3) is 3.55. The molecule has 24 heavy (non-hydrogen) atoms. The van der Waals surface area contributed by atoms with Crippen molar-refractivity contribution in [3.8, 4) is 0 Å². The lowest BCUT2D eigenvalue weighted by Gasteiger charge is -2.38. The number of aryl methyl sites for hydroxylation is 1. The lowest BCUT2D eigenvalue weighted by atomic mass is 10.1. The Kier molecular flexibility index (Phi) is 6.54. The molecule has 2 aliphatic rings. The highest BCUT2D eigenvalue weighted by molar-refractivity contribution is 7.99. The minimum absolute atomic E-state index is 0. The number of carbonyl (C=O) groups is 2. The summed E-state index contributed by atoms with van der Waals surface area (Å²) in [5.41, 5.74) is 0. The molecular formula is C15H24ClN5O2S. The molecule has 2 fully saturated rings. The summed E-state index contributed by atoms with van der Waals surface area (Å²) in [6.45, 7) is 3.95. The molecule has 1 aromatic heterocycles. The highest BCUT2D eigenvalue weighted by Crippen LogP contribution is 2.27. The second-order valence-corrected chi connectivity index (χ2v) is 6.88. The Morgan fingerprint density at radius 3 is 2.88 bits per heavy atom. The van der Waals surface area contributed by atoms with E-state index in [1.54, 1.807) is 22.9 Å². The molecule has 7 nitrogen and oxygen atoms in total. The van der Waals surface area contributed by atoms with Crippen molar-refractivity contribution in [1.29, 1.82) is 0 Å². The van der Waals surface area contributed by atoms with Gasteiger partial charge in [-0.25, -0.2) is 4.98 Å². The molecule has 3 heterocycles. The van der Waals surface area contributed by atoms with Crippen LogP contribution in [-0.2, 0) is 16.6 Å². The SMILES string of the molecule is CCC(=O)N1CSCC1C(=O)N1CCNCC1c1nccn1C.Cl. The number of halogens is 1. The van der Waals surface area contributed by atoms with Crippen molar-refractivity contribution < 1.29 is 9.59 Å². The molecule has 3 rings (SSSR count). The lowest BCUT2D eigenvalue weighted by molar-refractivity contribution is -0.145. The van der Waals surface area contributed by atoms with Gasteiger partial charge in [-0.2, -0.15) is 0 Å². The van der Waals surface area contributed by atoms with Crippen LogP contribution >= 0.6 is 24.2 Å². The maximum atomic E-state index is 13.1. The van der Waals surface area contributed by atoms with Crippen LogP contribution in [0.4, 0.5) is 0 Å². The van der Waals surface area contributed by atoms with E-state index in [1.807, 2.05) is 29.6 Å². The number of carbonyl (C=O) groups excluding carboxylic acids is 2. The molecular weight excluding hydrogens is 350 g/mol. The molecule has 0 radical (unpaired) electrons. The first-order chi connectivity index (χ1) is 11.1. The van der Waals surface area contributed by atoms with Gasteiger partial charge in [0.15, 0.2) is 0 Å². The van der Waals surface area contributed by atoms with Crippen LogP contribution in [0.5, 0.6) is 0 Å². The molecule has 2 unspecified atom stereocenters. The highest BCUT2D eigenvalue weighted by Gasteiger charge is 2.40. The summed E-state index contributed by atoms with van der Waals surface area (Å²) in [5.74, 6) is 2.28. The van der Waals surface area contributed by atoms with Crippen molar-refractivity contribution >= 4 is 36.0 Å². The summed E-state index contributed by atoms with van der Waals surface area (Å²) in [4.78, 5) is 33.2. The van der Waals surface area contributed by atoms with E-state index in [0.717, 1.165) is 12.4 Å². The molecule has 1 aromatic rings. The standard InChI is InChI=1S/C15H23N5O2S.ClH/c1-3-13(21)20-10-23-9-12(20)15(22)19-7-4-16-8-11(19)14-17-5-6-18(14)2;/h5-6,11-12,16H,3-4,7-10H2,1-2H3;1H. The number of nitrogens with one attached hydrogen (secondary N) is 1. The summed E-state index contributed by atoms with van der Waals surface area (Å²) in [6.07, 6.45) is 4.09. The molecule has 0 aliphatic carbocycles. The van der Waals surface area contributed by atoms with Gasteiger partial charge < -0.3 is 19.7 Å². The zero-order valence-electron chi connectivity index (χ0n) is 14.0. The van der Waals surface area contributed by atoms with Crippen LogP contribution in [-0.4, -0.2) is 68.5 Å². The van der Waals surface area contributed by atoms with Crippen LogP contribution in [0.1, 0.15) is 25.2 Å². The van der Waals surface area contributed by atoms with E-state index in [4.69, 9.17) is 0 Å². The number of thioether (sulfide) groups is 1. The average molecular weight is 374 g/mol. The van der Waals surface area contributed by atoms with Crippen molar-refractivity contribution in [2.45, 2.75) is 25.4 Å². The van der Waals surface area contributed by atoms with Crippen molar-refractivity contribution in [2.24, 2.45) is 7.05 Å². The second-order valence-electron chi connectivity index (χ2n) is 5.88. The summed E-state index contributed by atoms with van der Waals surface area (Å²) in [7, 11) is 1.94. The van der Waals surface area contributed by atoms with Gasteiger partial charge in [0.2, 0.25) is 11.8 Å². The zero-order valence-corrected chi connectivity index (χ0v) is 15.6. The Morgan fingerprint density at radius 2 is 2.21 bits per heavy atom. The monoisotopic (exact) mass is 373 g/mol. The van der Waals surface area contributed by atoms with Crippen molar-refractivity contribution in [3.05, 3.63) is 18.2 Å². The van der Waals surface area contributed by atoms with Gasteiger partial charge >= 0.3 is 0 Å². The number of rotatable bonds is 3. The van der Waals surface area contributed by atoms with E-state index >= 15 is 0 Å². The van der Waals surface area contributed by atoms with Crippen LogP contribution in [0.2, 0.25) is 0 Å². The topological polar surface area (TPSA) is 70.5 Å². The van der Waals surface area contributed by atoms with Gasteiger partial charge in [-0.05, 0) is 0 Å². The number of hydrogen-bond donors (Lipinski definition) is 1. The van der Waals surface area contributed by atoms with Crippen LogP contribution in [0.3, 0.4) is 0 Å². The van der Waals surface area contributed by atoms with E-state index in [1.165, 1.54) is 0 Å². The molecule has 9 heteroatoms. The molecule has 134 valence electrons. The normalized spacial score (nSPS) is 23.9. The minimum atomic E-state index is -0.340. The lowest BCUT2D eigenvalue weighted by Crippen LogP contribution is -2.55. The molecule has 0 spiro atoms. The van der Waals surface area contributed by atoms with E-state index in [0.29, 0.717) is 31.1 Å². The minimum Gasteiger partial charge on any atom is -0.336 e. The van der Waals surface area contributed by atoms with Crippen molar-refractivity contribution in [1.82, 2.24) is 24.7 Å². The van der Waals surface area contributed by atoms with Crippen molar-refractivity contribution in [3.63, 3.8) is 0 Å². The molecule has 2 aliphatic heterocycles. The summed E-state index contributed by atoms with van der Waals surface area (Å²) in [5, 5.41) is 3.34. The fourth-order valence-electron chi connectivity index (χ4n) is 3.18. The van der Waals surface area contributed by atoms with Gasteiger partial charge in [-0.15, -0.1) is 24.2 Å². The van der Waals surface area contributed by atoms with E-state index < -0.39 is 0 Å². The summed E-state index contributed by atoms with van der Waals surface area (Å²) >= 11 is 1.65. The number of nitrogens with zero attached hydrogens (tertiary/aromatic N) is 4. The first kappa shape index (κ1) is 19.1. The van der Waals surface area contributed by atoms with Crippen LogP contribution < -0.4 is 5.32 Å². The maximum Gasteiger partial charge on any atom is 0.246 e. The van der Waals surface area contributed by atoms with Crippen LogP contribution in [0.15, 0.2) is 12.4 Å². The first-order valence-electron chi connectivity index (χ1n) is 7.99. The quantitative estimate of drug-likeness (QED) is 0.841. The molecule has 2 amide bonds. The molecule has 2 saturated heterocycles. The predicted molar refractivity (Wildman–Crippen MR) is 96.0 cm³/mol. The Balaban J connectivity index is 0.00000208. The second kappa shape index (κ2) is 8.22. The molecule has 1 N–H and O–H groups in total. The largest absolute Gasteiger partial charge is 0.336 e. The van der Waals surface area contributed by atoms with Crippen LogP contribution in [0.25, 0.3) is 0 Å². The van der Waals surface area contributed by atoms with E-state index in [-0.39, 0.29) is 36.3 Å². The number of aromatic nitrogens is 2. The number of imidazole rings is 1. The highest BCUT2D eigenvalue weighted by atomic mass is 35.5. The average Bonchev–Trinajstić information content (AvgIpc) is 3.22.